The van der Waals surface area contributed by atoms with Gasteiger partial charge in [-0.2, -0.15) is 5.10 Å². The summed E-state index contributed by atoms with van der Waals surface area (Å²) in [6.45, 7) is 3.86. The van der Waals surface area contributed by atoms with Gasteiger partial charge in [0.05, 0.1) is 0 Å². The SMILES string of the molecule is CC(C)=N/N=c1\sccn1C. The second-order valence-electron chi connectivity index (χ2n) is 2.44. The molecule has 0 spiro atoms. The molecule has 3 nitrogen and oxygen atoms in total. The molecule has 1 aromatic rings. The Morgan fingerprint density at radius 2 is 2.27 bits per heavy atom. The number of hydrogen-bond donors (Lipinski definition) is 0. The maximum atomic E-state index is 4.03. The van der Waals surface area contributed by atoms with Gasteiger partial charge in [0.2, 0.25) is 4.80 Å². The van der Waals surface area contributed by atoms with E-state index in [2.05, 4.69) is 10.2 Å². The third-order valence-corrected chi connectivity index (χ3v) is 1.93. The van der Waals surface area contributed by atoms with Crippen LogP contribution in [0.2, 0.25) is 0 Å². The maximum absolute atomic E-state index is 4.03. The van der Waals surface area contributed by atoms with E-state index >= 15 is 0 Å². The smallest absolute Gasteiger partial charge is 0.210 e. The molecule has 60 valence electrons. The summed E-state index contributed by atoms with van der Waals surface area (Å²) in [5.74, 6) is 0. The first-order chi connectivity index (χ1) is 5.20. The van der Waals surface area contributed by atoms with E-state index in [0.717, 1.165) is 10.5 Å². The van der Waals surface area contributed by atoms with E-state index in [1.54, 1.807) is 11.3 Å². The lowest BCUT2D eigenvalue weighted by Gasteiger charge is -1.85. The zero-order valence-corrected chi connectivity index (χ0v) is 7.72. The quantitative estimate of drug-likeness (QED) is 0.449. The van der Waals surface area contributed by atoms with Gasteiger partial charge in [0.25, 0.3) is 0 Å². The fourth-order valence-corrected chi connectivity index (χ4v) is 1.25. The van der Waals surface area contributed by atoms with Crippen LogP contribution in [-0.2, 0) is 7.05 Å². The lowest BCUT2D eigenvalue weighted by molar-refractivity contribution is 0.854. The van der Waals surface area contributed by atoms with Crippen molar-refractivity contribution in [2.24, 2.45) is 17.3 Å². The van der Waals surface area contributed by atoms with Gasteiger partial charge in [-0.3, -0.25) is 0 Å². The van der Waals surface area contributed by atoms with Crippen molar-refractivity contribution >= 4 is 17.0 Å². The lowest BCUT2D eigenvalue weighted by Crippen LogP contribution is -2.08. The Balaban J connectivity index is 3.01. The van der Waals surface area contributed by atoms with Gasteiger partial charge in [0, 0.05) is 24.3 Å². The summed E-state index contributed by atoms with van der Waals surface area (Å²) in [7, 11) is 1.95. The van der Waals surface area contributed by atoms with Crippen molar-refractivity contribution in [2.45, 2.75) is 13.8 Å². The Morgan fingerprint density at radius 3 is 2.73 bits per heavy atom. The van der Waals surface area contributed by atoms with E-state index in [1.165, 1.54) is 0 Å². The molecule has 0 saturated carbocycles. The largest absolute Gasteiger partial charge is 0.325 e. The van der Waals surface area contributed by atoms with Crippen LogP contribution >= 0.6 is 11.3 Å². The van der Waals surface area contributed by atoms with Crippen LogP contribution in [0, 0.1) is 0 Å². The third kappa shape index (κ3) is 2.31. The van der Waals surface area contributed by atoms with Crippen molar-refractivity contribution in [3.63, 3.8) is 0 Å². The molecule has 1 heterocycles. The molecular formula is C7H11N3S. The average Bonchev–Trinajstić information content (AvgIpc) is 2.31. The van der Waals surface area contributed by atoms with Crippen LogP contribution in [0.15, 0.2) is 21.8 Å². The van der Waals surface area contributed by atoms with E-state index < -0.39 is 0 Å². The summed E-state index contributed by atoms with van der Waals surface area (Å²) in [4.78, 5) is 0.922. The van der Waals surface area contributed by atoms with E-state index in [4.69, 9.17) is 0 Å². The molecular weight excluding hydrogens is 158 g/mol. The van der Waals surface area contributed by atoms with E-state index in [0.29, 0.717) is 0 Å². The zero-order valence-electron chi connectivity index (χ0n) is 6.90. The molecule has 0 saturated heterocycles. The first-order valence-corrected chi connectivity index (χ1v) is 4.23. The molecule has 1 aromatic heterocycles. The van der Waals surface area contributed by atoms with Crippen molar-refractivity contribution < 1.29 is 0 Å². The van der Waals surface area contributed by atoms with Crippen LogP contribution in [0.1, 0.15) is 13.8 Å². The minimum absolute atomic E-state index is 0.922. The van der Waals surface area contributed by atoms with Crippen LogP contribution < -0.4 is 4.80 Å². The summed E-state index contributed by atoms with van der Waals surface area (Å²) in [6.07, 6.45) is 1.96. The first-order valence-electron chi connectivity index (χ1n) is 3.35. The fourth-order valence-electron chi connectivity index (χ4n) is 0.566. The predicted molar refractivity (Wildman–Crippen MR) is 47.6 cm³/mol. The van der Waals surface area contributed by atoms with E-state index in [-0.39, 0.29) is 0 Å². The van der Waals surface area contributed by atoms with Gasteiger partial charge in [-0.1, -0.05) is 0 Å². The fraction of sp³-hybridized carbons (Fsp3) is 0.429. The van der Waals surface area contributed by atoms with Crippen molar-refractivity contribution in [2.75, 3.05) is 0 Å². The van der Waals surface area contributed by atoms with Crippen LogP contribution in [0.3, 0.4) is 0 Å². The summed E-state index contributed by atoms with van der Waals surface area (Å²) in [5, 5.41) is 9.98. The molecule has 0 aromatic carbocycles. The number of thiazole rings is 1. The Bertz CT molecular complexity index is 314. The van der Waals surface area contributed by atoms with Crippen LogP contribution in [0.4, 0.5) is 0 Å². The monoisotopic (exact) mass is 169 g/mol. The molecule has 0 amide bonds. The molecule has 0 aliphatic carbocycles. The molecule has 4 heteroatoms. The number of aryl methyl sites for hydroxylation is 1. The molecule has 0 bridgehead atoms. The average molecular weight is 169 g/mol. The summed E-state index contributed by atoms with van der Waals surface area (Å²) in [6, 6.07) is 0. The molecule has 0 N–H and O–H groups in total. The van der Waals surface area contributed by atoms with Gasteiger partial charge in [-0.05, 0) is 13.8 Å². The molecule has 0 fully saturated rings. The first kappa shape index (κ1) is 8.20. The van der Waals surface area contributed by atoms with Gasteiger partial charge in [0.1, 0.15) is 0 Å². The van der Waals surface area contributed by atoms with Gasteiger partial charge in [0.15, 0.2) is 0 Å². The summed E-state index contributed by atoms with van der Waals surface area (Å²) < 4.78 is 1.94. The van der Waals surface area contributed by atoms with Crippen molar-refractivity contribution in [3.8, 4) is 0 Å². The summed E-state index contributed by atoms with van der Waals surface area (Å²) >= 11 is 1.58. The molecule has 1 rings (SSSR count). The zero-order chi connectivity index (χ0) is 8.27. The number of aromatic nitrogens is 1. The van der Waals surface area contributed by atoms with Crippen molar-refractivity contribution in [3.05, 3.63) is 16.4 Å². The predicted octanol–water partition coefficient (Wildman–Crippen LogP) is 1.38. The second kappa shape index (κ2) is 3.48. The highest BCUT2D eigenvalue weighted by molar-refractivity contribution is 7.07. The lowest BCUT2D eigenvalue weighted by atomic mass is 10.5. The van der Waals surface area contributed by atoms with E-state index in [1.807, 2.05) is 37.0 Å². The molecule has 0 unspecified atom stereocenters. The highest BCUT2D eigenvalue weighted by atomic mass is 32.1. The molecule has 0 atom stereocenters. The maximum Gasteiger partial charge on any atom is 0.210 e. The van der Waals surface area contributed by atoms with E-state index in [9.17, 15) is 0 Å². The Morgan fingerprint density at radius 1 is 1.55 bits per heavy atom. The molecule has 0 radical (unpaired) electrons. The third-order valence-electron chi connectivity index (χ3n) is 1.10. The van der Waals surface area contributed by atoms with Crippen LogP contribution in [0.5, 0.6) is 0 Å². The van der Waals surface area contributed by atoms with Crippen LogP contribution in [-0.4, -0.2) is 10.3 Å². The minimum atomic E-state index is 0.922. The normalized spacial score (nSPS) is 11.7. The summed E-state index contributed by atoms with van der Waals surface area (Å²) in [5.41, 5.74) is 0.971. The number of hydrogen-bond acceptors (Lipinski definition) is 3. The van der Waals surface area contributed by atoms with Gasteiger partial charge < -0.3 is 4.57 Å². The minimum Gasteiger partial charge on any atom is -0.325 e. The molecule has 0 aliphatic rings. The van der Waals surface area contributed by atoms with Crippen LogP contribution in [0.25, 0.3) is 0 Å². The standard InChI is InChI=1S/C7H11N3S/c1-6(2)8-9-7-10(3)4-5-11-7/h4-5H,1-3H3/b9-7-. The highest BCUT2D eigenvalue weighted by Gasteiger charge is 1.84. The van der Waals surface area contributed by atoms with Crippen molar-refractivity contribution in [1.82, 2.24) is 4.57 Å². The highest BCUT2D eigenvalue weighted by Crippen LogP contribution is 1.86. The molecule has 0 aliphatic heterocycles. The Kier molecular flexibility index (Phi) is 2.59. The van der Waals surface area contributed by atoms with Crippen molar-refractivity contribution in [1.29, 1.82) is 0 Å². The molecule has 11 heavy (non-hydrogen) atoms. The Hall–Kier alpha value is -0.900. The van der Waals surface area contributed by atoms with Gasteiger partial charge in [-0.25, -0.2) is 0 Å². The number of rotatable bonds is 1. The van der Waals surface area contributed by atoms with Gasteiger partial charge >= 0.3 is 0 Å². The Labute approximate surface area is 69.7 Å². The second-order valence-corrected chi connectivity index (χ2v) is 3.32. The topological polar surface area (TPSA) is 29.6 Å². The van der Waals surface area contributed by atoms with Gasteiger partial charge in [-0.15, -0.1) is 16.4 Å². The number of nitrogens with zero attached hydrogens (tertiary/aromatic N) is 3.